The molecule has 0 unspecified atom stereocenters. The summed E-state index contributed by atoms with van der Waals surface area (Å²) in [5.74, 6) is 0.808. The molecule has 3 rings (SSSR count). The summed E-state index contributed by atoms with van der Waals surface area (Å²) in [4.78, 5) is 16.7. The number of aryl methyl sites for hydroxylation is 1. The number of hydrogen-bond acceptors (Lipinski definition) is 6. The number of nitro benzene ring substituents is 1. The second-order valence-electron chi connectivity index (χ2n) is 5.75. The third-order valence-electron chi connectivity index (χ3n) is 4.12. The zero-order valence-electron chi connectivity index (χ0n) is 13.7. The Hall–Kier alpha value is -2.52. The largest absolute Gasteiger partial charge is 0.354 e. The summed E-state index contributed by atoms with van der Waals surface area (Å²) in [6.45, 7) is 3.37. The number of benzene rings is 1. The minimum absolute atomic E-state index is 0.254. The summed E-state index contributed by atoms with van der Waals surface area (Å²) < 4.78 is 26.9. The Bertz CT molecular complexity index is 893. The summed E-state index contributed by atoms with van der Waals surface area (Å²) in [5.41, 5.74) is 0.498. The van der Waals surface area contributed by atoms with Gasteiger partial charge in [0.1, 0.15) is 5.82 Å². The normalized spacial score (nSPS) is 16.0. The molecule has 0 N–H and O–H groups in total. The molecule has 1 saturated heterocycles. The van der Waals surface area contributed by atoms with Crippen LogP contribution in [0.4, 0.5) is 11.5 Å². The van der Waals surface area contributed by atoms with Crippen molar-refractivity contribution in [1.82, 2.24) is 9.29 Å². The lowest BCUT2D eigenvalue weighted by Gasteiger charge is -2.34. The van der Waals surface area contributed by atoms with Gasteiger partial charge in [-0.2, -0.15) is 4.31 Å². The Morgan fingerprint density at radius 3 is 2.36 bits per heavy atom. The van der Waals surface area contributed by atoms with Crippen molar-refractivity contribution in [1.29, 1.82) is 0 Å². The maximum absolute atomic E-state index is 12.8. The van der Waals surface area contributed by atoms with Gasteiger partial charge in [-0.3, -0.25) is 10.1 Å². The van der Waals surface area contributed by atoms with E-state index in [2.05, 4.69) is 4.98 Å². The number of aromatic nitrogens is 1. The topological polar surface area (TPSA) is 96.7 Å². The van der Waals surface area contributed by atoms with E-state index in [1.165, 1.54) is 28.6 Å². The molecular formula is C16H18N4O4S. The highest BCUT2D eigenvalue weighted by molar-refractivity contribution is 7.89. The molecule has 0 radical (unpaired) electrons. The van der Waals surface area contributed by atoms with Gasteiger partial charge in [0.15, 0.2) is 4.90 Å². The average molecular weight is 362 g/mol. The van der Waals surface area contributed by atoms with E-state index >= 15 is 0 Å². The van der Waals surface area contributed by atoms with Gasteiger partial charge in [0.05, 0.1) is 4.92 Å². The maximum Gasteiger partial charge on any atom is 0.289 e. The number of nitro groups is 1. The van der Waals surface area contributed by atoms with Crippen LogP contribution in [-0.2, 0) is 10.0 Å². The first-order chi connectivity index (χ1) is 11.9. The summed E-state index contributed by atoms with van der Waals surface area (Å²) in [5, 5.41) is 11.1. The van der Waals surface area contributed by atoms with E-state index in [0.717, 1.165) is 11.5 Å². The van der Waals surface area contributed by atoms with Crippen LogP contribution in [0.25, 0.3) is 0 Å². The lowest BCUT2D eigenvalue weighted by Crippen LogP contribution is -2.49. The summed E-state index contributed by atoms with van der Waals surface area (Å²) >= 11 is 0. The molecule has 1 fully saturated rings. The van der Waals surface area contributed by atoms with E-state index in [1.54, 1.807) is 0 Å². The van der Waals surface area contributed by atoms with E-state index < -0.39 is 20.6 Å². The first kappa shape index (κ1) is 17.3. The second kappa shape index (κ2) is 6.77. The SMILES string of the molecule is Cc1cccc(N2CCN(S(=O)(=O)c3ccccc3[N+](=O)[O-])CC2)n1. The number of nitrogens with zero attached hydrogens (tertiary/aromatic N) is 4. The molecule has 8 nitrogen and oxygen atoms in total. The molecule has 1 aromatic heterocycles. The highest BCUT2D eigenvalue weighted by Gasteiger charge is 2.33. The van der Waals surface area contributed by atoms with E-state index in [1.807, 2.05) is 30.0 Å². The van der Waals surface area contributed by atoms with E-state index in [0.29, 0.717) is 13.1 Å². The minimum Gasteiger partial charge on any atom is -0.354 e. The van der Waals surface area contributed by atoms with Crippen LogP contribution in [0.5, 0.6) is 0 Å². The van der Waals surface area contributed by atoms with E-state index in [9.17, 15) is 18.5 Å². The Labute approximate surface area is 145 Å². The predicted molar refractivity (Wildman–Crippen MR) is 93.0 cm³/mol. The molecule has 0 bridgehead atoms. The summed E-state index contributed by atoms with van der Waals surface area (Å²) in [6, 6.07) is 11.1. The van der Waals surface area contributed by atoms with Gasteiger partial charge in [-0.25, -0.2) is 13.4 Å². The van der Waals surface area contributed by atoms with Crippen molar-refractivity contribution in [2.24, 2.45) is 0 Å². The van der Waals surface area contributed by atoms with Crippen LogP contribution in [0, 0.1) is 17.0 Å². The minimum atomic E-state index is -3.91. The number of para-hydroxylation sites is 1. The van der Waals surface area contributed by atoms with Crippen LogP contribution < -0.4 is 4.90 Å². The van der Waals surface area contributed by atoms with E-state index in [-0.39, 0.29) is 18.0 Å². The highest BCUT2D eigenvalue weighted by Crippen LogP contribution is 2.27. The zero-order chi connectivity index (χ0) is 18.0. The van der Waals surface area contributed by atoms with Gasteiger partial charge in [0.25, 0.3) is 5.69 Å². The molecule has 0 amide bonds. The van der Waals surface area contributed by atoms with Crippen molar-refractivity contribution >= 4 is 21.5 Å². The average Bonchev–Trinajstić information content (AvgIpc) is 2.62. The molecule has 1 aliphatic heterocycles. The van der Waals surface area contributed by atoms with Crippen LogP contribution in [0.1, 0.15) is 5.69 Å². The van der Waals surface area contributed by atoms with Gasteiger partial charge in [-0.15, -0.1) is 0 Å². The zero-order valence-corrected chi connectivity index (χ0v) is 14.5. The fourth-order valence-corrected chi connectivity index (χ4v) is 4.41. The smallest absolute Gasteiger partial charge is 0.289 e. The molecule has 25 heavy (non-hydrogen) atoms. The Morgan fingerprint density at radius 2 is 1.72 bits per heavy atom. The lowest BCUT2D eigenvalue weighted by atomic mass is 10.3. The lowest BCUT2D eigenvalue weighted by molar-refractivity contribution is -0.387. The number of piperazine rings is 1. The Morgan fingerprint density at radius 1 is 1.04 bits per heavy atom. The van der Waals surface area contributed by atoms with Crippen molar-refractivity contribution in [3.63, 3.8) is 0 Å². The van der Waals surface area contributed by atoms with Crippen LogP contribution in [0.15, 0.2) is 47.4 Å². The third-order valence-corrected chi connectivity index (χ3v) is 6.06. The van der Waals surface area contributed by atoms with E-state index in [4.69, 9.17) is 0 Å². The van der Waals surface area contributed by atoms with Crippen LogP contribution in [0.3, 0.4) is 0 Å². The quantitative estimate of drug-likeness (QED) is 0.608. The van der Waals surface area contributed by atoms with Gasteiger partial charge in [-0.05, 0) is 25.1 Å². The van der Waals surface area contributed by atoms with Crippen molar-refractivity contribution in [3.8, 4) is 0 Å². The van der Waals surface area contributed by atoms with Crippen molar-refractivity contribution in [3.05, 3.63) is 58.3 Å². The molecule has 0 aliphatic carbocycles. The van der Waals surface area contributed by atoms with Gasteiger partial charge in [-0.1, -0.05) is 18.2 Å². The first-order valence-corrected chi connectivity index (χ1v) is 9.26. The number of pyridine rings is 1. The first-order valence-electron chi connectivity index (χ1n) is 7.82. The molecule has 132 valence electrons. The van der Waals surface area contributed by atoms with Gasteiger partial charge >= 0.3 is 0 Å². The van der Waals surface area contributed by atoms with Crippen molar-refractivity contribution < 1.29 is 13.3 Å². The molecule has 0 atom stereocenters. The van der Waals surface area contributed by atoms with Gasteiger partial charge in [0, 0.05) is 37.9 Å². The molecule has 9 heteroatoms. The molecule has 0 saturated carbocycles. The number of anilines is 1. The van der Waals surface area contributed by atoms with Crippen LogP contribution >= 0.6 is 0 Å². The standard InChI is InChI=1S/C16H18N4O4S/c1-13-5-4-8-16(17-13)18-9-11-19(12-10-18)25(23,24)15-7-3-2-6-14(15)20(21)22/h2-8H,9-12H2,1H3. The number of sulfonamides is 1. The molecule has 2 aromatic rings. The molecule has 0 spiro atoms. The summed E-state index contributed by atoms with van der Waals surface area (Å²) in [7, 11) is -3.91. The maximum atomic E-state index is 12.8. The van der Waals surface area contributed by atoms with Gasteiger partial charge in [0.2, 0.25) is 10.0 Å². The second-order valence-corrected chi connectivity index (χ2v) is 7.66. The molecule has 2 heterocycles. The summed E-state index contributed by atoms with van der Waals surface area (Å²) in [6.07, 6.45) is 0. The highest BCUT2D eigenvalue weighted by atomic mass is 32.2. The molecule has 1 aliphatic rings. The van der Waals surface area contributed by atoms with Crippen LogP contribution in [0.2, 0.25) is 0 Å². The van der Waals surface area contributed by atoms with Gasteiger partial charge < -0.3 is 4.90 Å². The fourth-order valence-electron chi connectivity index (χ4n) is 2.83. The fraction of sp³-hybridized carbons (Fsp3) is 0.312. The Kier molecular flexibility index (Phi) is 4.69. The molecular weight excluding hydrogens is 344 g/mol. The number of hydrogen-bond donors (Lipinski definition) is 0. The third kappa shape index (κ3) is 3.47. The predicted octanol–water partition coefficient (Wildman–Crippen LogP) is 1.81. The monoisotopic (exact) mass is 362 g/mol. The van der Waals surface area contributed by atoms with Crippen molar-refractivity contribution in [2.45, 2.75) is 11.8 Å². The van der Waals surface area contributed by atoms with Crippen LogP contribution in [-0.4, -0.2) is 48.8 Å². The molecule has 1 aromatic carbocycles. The van der Waals surface area contributed by atoms with Crippen molar-refractivity contribution in [2.75, 3.05) is 31.1 Å². The number of rotatable bonds is 4. The Balaban J connectivity index is 1.79.